The second-order valence-corrected chi connectivity index (χ2v) is 6.09. The van der Waals surface area contributed by atoms with Crippen LogP contribution in [-0.4, -0.2) is 46.0 Å². The Hall–Kier alpha value is -2.68. The number of rotatable bonds is 4. The first-order valence-electron chi connectivity index (χ1n) is 7.01. The molecule has 0 atom stereocenters. The number of nitrogens with one attached hydrogen (secondary N) is 3. The summed E-state index contributed by atoms with van der Waals surface area (Å²) in [5.41, 5.74) is 1.96. The van der Waals surface area contributed by atoms with Gasteiger partial charge in [-0.15, -0.1) is 11.3 Å². The Morgan fingerprint density at radius 2 is 2.30 bits per heavy atom. The molecule has 1 fully saturated rings. The van der Waals surface area contributed by atoms with Crippen molar-refractivity contribution in [1.82, 2.24) is 20.4 Å². The number of aromatic nitrogens is 2. The third-order valence-electron chi connectivity index (χ3n) is 3.43. The number of urea groups is 1. The highest BCUT2D eigenvalue weighted by molar-refractivity contribution is 7.13. The second kappa shape index (κ2) is 6.21. The topological polar surface area (TPSA) is 107 Å². The molecule has 0 bridgehead atoms. The van der Waals surface area contributed by atoms with Gasteiger partial charge in [-0.1, -0.05) is 0 Å². The van der Waals surface area contributed by atoms with Crippen molar-refractivity contribution in [2.75, 3.05) is 18.4 Å². The first-order chi connectivity index (χ1) is 11.0. The lowest BCUT2D eigenvalue weighted by Crippen LogP contribution is -2.51. The Labute approximate surface area is 135 Å². The van der Waals surface area contributed by atoms with Gasteiger partial charge < -0.3 is 10.2 Å². The number of carbonyl (C=O) groups is 3. The third kappa shape index (κ3) is 3.39. The van der Waals surface area contributed by atoms with Gasteiger partial charge in [-0.25, -0.2) is 4.79 Å². The van der Waals surface area contributed by atoms with Gasteiger partial charge in [0.25, 0.3) is 0 Å². The van der Waals surface area contributed by atoms with Crippen molar-refractivity contribution in [2.45, 2.75) is 13.3 Å². The van der Waals surface area contributed by atoms with Crippen molar-refractivity contribution >= 4 is 35.0 Å². The molecule has 0 aliphatic carbocycles. The second-order valence-electron chi connectivity index (χ2n) is 5.17. The van der Waals surface area contributed by atoms with Crippen LogP contribution in [-0.2, 0) is 9.59 Å². The monoisotopic (exact) mass is 333 g/mol. The number of hydrogen-bond donors (Lipinski definition) is 3. The normalized spacial score (nSPS) is 14.7. The summed E-state index contributed by atoms with van der Waals surface area (Å²) in [6.07, 6.45) is 0.198. The van der Waals surface area contributed by atoms with Crippen molar-refractivity contribution in [3.63, 3.8) is 0 Å². The van der Waals surface area contributed by atoms with Crippen LogP contribution in [0.2, 0.25) is 0 Å². The minimum Gasteiger partial charge on any atom is -0.315 e. The van der Waals surface area contributed by atoms with E-state index in [1.807, 2.05) is 18.4 Å². The number of imide groups is 1. The molecule has 1 aliphatic rings. The van der Waals surface area contributed by atoms with Gasteiger partial charge in [0.05, 0.1) is 10.6 Å². The molecule has 4 amide bonds. The molecule has 0 unspecified atom stereocenters. The SMILES string of the molecule is Cc1ccsc1-c1cc(NC(=O)CN2CCC(=O)NC2=O)n[nH]1. The molecule has 0 aromatic carbocycles. The fourth-order valence-electron chi connectivity index (χ4n) is 2.26. The first kappa shape index (κ1) is 15.2. The van der Waals surface area contributed by atoms with Crippen molar-refractivity contribution < 1.29 is 14.4 Å². The molecule has 3 N–H and O–H groups in total. The molecule has 120 valence electrons. The minimum absolute atomic E-state index is 0.126. The van der Waals surface area contributed by atoms with Crippen molar-refractivity contribution in [1.29, 1.82) is 0 Å². The maximum absolute atomic E-state index is 12.0. The van der Waals surface area contributed by atoms with Crippen LogP contribution in [0.15, 0.2) is 17.5 Å². The lowest BCUT2D eigenvalue weighted by atomic mass is 10.2. The van der Waals surface area contributed by atoms with Gasteiger partial charge in [0.1, 0.15) is 6.54 Å². The zero-order chi connectivity index (χ0) is 16.4. The van der Waals surface area contributed by atoms with Crippen LogP contribution in [0.4, 0.5) is 10.6 Å². The summed E-state index contributed by atoms with van der Waals surface area (Å²) in [5.74, 6) is -0.295. The van der Waals surface area contributed by atoms with Crippen LogP contribution in [0.3, 0.4) is 0 Å². The summed E-state index contributed by atoms with van der Waals surface area (Å²) in [6.45, 7) is 2.11. The molecular formula is C14H15N5O3S. The van der Waals surface area contributed by atoms with Crippen LogP contribution < -0.4 is 10.6 Å². The maximum Gasteiger partial charge on any atom is 0.324 e. The number of hydrogen-bond acceptors (Lipinski definition) is 5. The van der Waals surface area contributed by atoms with E-state index in [1.165, 1.54) is 4.90 Å². The highest BCUT2D eigenvalue weighted by atomic mass is 32.1. The lowest BCUT2D eigenvalue weighted by Gasteiger charge is -2.25. The van der Waals surface area contributed by atoms with Gasteiger partial charge in [-0.05, 0) is 23.9 Å². The number of thiophene rings is 1. The molecule has 0 spiro atoms. The highest BCUT2D eigenvalue weighted by Gasteiger charge is 2.24. The number of aromatic amines is 1. The van der Waals surface area contributed by atoms with Crippen molar-refractivity contribution in [3.8, 4) is 10.6 Å². The van der Waals surface area contributed by atoms with E-state index >= 15 is 0 Å². The van der Waals surface area contributed by atoms with Crippen molar-refractivity contribution in [3.05, 3.63) is 23.1 Å². The Bertz CT molecular complexity index is 766. The molecule has 1 aliphatic heterocycles. The molecule has 8 nitrogen and oxygen atoms in total. The molecule has 3 heterocycles. The van der Waals surface area contributed by atoms with Gasteiger partial charge >= 0.3 is 6.03 Å². The van der Waals surface area contributed by atoms with E-state index in [9.17, 15) is 14.4 Å². The summed E-state index contributed by atoms with van der Waals surface area (Å²) < 4.78 is 0. The quantitative estimate of drug-likeness (QED) is 0.784. The van der Waals surface area contributed by atoms with Crippen LogP contribution in [0.25, 0.3) is 10.6 Å². The van der Waals surface area contributed by atoms with Crippen LogP contribution >= 0.6 is 11.3 Å². The van der Waals surface area contributed by atoms with E-state index in [0.29, 0.717) is 5.82 Å². The highest BCUT2D eigenvalue weighted by Crippen LogP contribution is 2.28. The van der Waals surface area contributed by atoms with E-state index in [-0.39, 0.29) is 31.3 Å². The maximum atomic E-state index is 12.0. The minimum atomic E-state index is -0.548. The summed E-state index contributed by atoms with van der Waals surface area (Å²) in [7, 11) is 0. The Kier molecular flexibility index (Phi) is 4.11. The number of anilines is 1. The Morgan fingerprint density at radius 3 is 3.00 bits per heavy atom. The van der Waals surface area contributed by atoms with Gasteiger partial charge in [-0.3, -0.25) is 20.0 Å². The van der Waals surface area contributed by atoms with Gasteiger partial charge in [0, 0.05) is 19.0 Å². The number of amides is 4. The van der Waals surface area contributed by atoms with Gasteiger partial charge in [0.2, 0.25) is 11.8 Å². The molecular weight excluding hydrogens is 318 g/mol. The fourth-order valence-corrected chi connectivity index (χ4v) is 3.15. The largest absolute Gasteiger partial charge is 0.324 e. The zero-order valence-electron chi connectivity index (χ0n) is 12.4. The zero-order valence-corrected chi connectivity index (χ0v) is 13.2. The molecule has 9 heteroatoms. The van der Waals surface area contributed by atoms with Gasteiger partial charge in [0.15, 0.2) is 5.82 Å². The van der Waals surface area contributed by atoms with Crippen LogP contribution in [0.1, 0.15) is 12.0 Å². The molecule has 1 saturated heterocycles. The fraction of sp³-hybridized carbons (Fsp3) is 0.286. The standard InChI is InChI=1S/C14H15N5O3S/c1-8-3-5-23-13(8)9-6-10(18-17-9)15-12(21)7-19-4-2-11(20)16-14(19)22/h3,5-6H,2,4,7H2,1H3,(H,16,20,22)(H2,15,17,18,21). The lowest BCUT2D eigenvalue weighted by molar-refractivity contribution is -0.123. The van der Waals surface area contributed by atoms with Crippen molar-refractivity contribution in [2.24, 2.45) is 0 Å². The molecule has 2 aromatic rings. The summed E-state index contributed by atoms with van der Waals surface area (Å²) in [4.78, 5) is 37.0. The summed E-state index contributed by atoms with van der Waals surface area (Å²) >= 11 is 1.59. The first-order valence-corrected chi connectivity index (χ1v) is 7.89. The van der Waals surface area contributed by atoms with E-state index < -0.39 is 6.03 Å². The third-order valence-corrected chi connectivity index (χ3v) is 4.48. The Morgan fingerprint density at radius 1 is 1.48 bits per heavy atom. The number of H-pyrrole nitrogens is 1. The molecule has 23 heavy (non-hydrogen) atoms. The molecule has 0 radical (unpaired) electrons. The van der Waals surface area contributed by atoms with E-state index in [0.717, 1.165) is 16.1 Å². The average Bonchev–Trinajstić information content (AvgIpc) is 3.10. The smallest absolute Gasteiger partial charge is 0.315 e. The Balaban J connectivity index is 1.60. The number of aryl methyl sites for hydroxylation is 1. The molecule has 3 rings (SSSR count). The molecule has 0 saturated carbocycles. The number of nitrogens with zero attached hydrogens (tertiary/aromatic N) is 2. The van der Waals surface area contributed by atoms with E-state index in [4.69, 9.17) is 0 Å². The van der Waals surface area contributed by atoms with E-state index in [2.05, 4.69) is 20.8 Å². The molecule has 2 aromatic heterocycles. The summed E-state index contributed by atoms with van der Waals surface area (Å²) in [5, 5.41) is 13.7. The van der Waals surface area contributed by atoms with Crippen LogP contribution in [0.5, 0.6) is 0 Å². The van der Waals surface area contributed by atoms with E-state index in [1.54, 1.807) is 17.4 Å². The van der Waals surface area contributed by atoms with Crippen LogP contribution in [0, 0.1) is 6.92 Å². The number of carbonyl (C=O) groups excluding carboxylic acids is 3. The average molecular weight is 333 g/mol. The summed E-state index contributed by atoms with van der Waals surface area (Å²) in [6, 6.07) is 3.21. The predicted octanol–water partition coefficient (Wildman–Crippen LogP) is 1.33. The van der Waals surface area contributed by atoms with Gasteiger partial charge in [-0.2, -0.15) is 5.10 Å². The predicted molar refractivity (Wildman–Crippen MR) is 85.0 cm³/mol.